The van der Waals surface area contributed by atoms with Crippen molar-refractivity contribution in [3.05, 3.63) is 32.7 Å². The van der Waals surface area contributed by atoms with Crippen molar-refractivity contribution in [2.75, 3.05) is 0 Å². The highest BCUT2D eigenvalue weighted by Gasteiger charge is 1.98. The Morgan fingerprint density at radius 1 is 1.36 bits per heavy atom. The molecular weight excluding hydrogens is 274 g/mol. The summed E-state index contributed by atoms with van der Waals surface area (Å²) in [4.78, 5) is 0. The van der Waals surface area contributed by atoms with Gasteiger partial charge < -0.3 is 5.21 Å². The fraction of sp³-hybridized carbons (Fsp3) is 0.143. The summed E-state index contributed by atoms with van der Waals surface area (Å²) in [6.07, 6.45) is 0. The third-order valence-electron chi connectivity index (χ3n) is 1.28. The van der Waals surface area contributed by atoms with E-state index in [0.717, 1.165) is 14.5 Å². The van der Waals surface area contributed by atoms with E-state index in [0.29, 0.717) is 6.54 Å². The molecule has 1 aromatic rings. The second kappa shape index (κ2) is 4.21. The molecule has 0 amide bonds. The van der Waals surface area contributed by atoms with Crippen molar-refractivity contribution in [1.82, 2.24) is 5.48 Å². The zero-order valence-corrected chi connectivity index (χ0v) is 8.81. The topological polar surface area (TPSA) is 32.3 Å². The molecule has 0 aromatic heterocycles. The van der Waals surface area contributed by atoms with Crippen molar-refractivity contribution < 1.29 is 5.21 Å². The standard InChI is InChI=1S/C7H7Br2NO/c8-6-1-2-7(9)5(3-6)4-10-11/h1-3,10-11H,4H2. The van der Waals surface area contributed by atoms with Crippen molar-refractivity contribution in [2.24, 2.45) is 0 Å². The third-order valence-corrected chi connectivity index (χ3v) is 2.54. The summed E-state index contributed by atoms with van der Waals surface area (Å²) in [5, 5.41) is 8.45. The molecule has 0 aliphatic heterocycles. The number of benzene rings is 1. The number of halogens is 2. The van der Waals surface area contributed by atoms with Crippen LogP contribution < -0.4 is 5.48 Å². The van der Waals surface area contributed by atoms with E-state index in [-0.39, 0.29) is 0 Å². The van der Waals surface area contributed by atoms with Gasteiger partial charge in [0.15, 0.2) is 0 Å². The first-order valence-electron chi connectivity index (χ1n) is 3.05. The fourth-order valence-corrected chi connectivity index (χ4v) is 1.56. The normalized spacial score (nSPS) is 10.1. The Morgan fingerprint density at radius 2 is 2.09 bits per heavy atom. The van der Waals surface area contributed by atoms with Gasteiger partial charge in [0.1, 0.15) is 0 Å². The highest BCUT2D eigenvalue weighted by Crippen LogP contribution is 2.20. The van der Waals surface area contributed by atoms with Gasteiger partial charge in [0, 0.05) is 15.5 Å². The van der Waals surface area contributed by atoms with Crippen LogP contribution >= 0.6 is 31.9 Å². The number of rotatable bonds is 2. The number of hydroxylamine groups is 1. The maximum Gasteiger partial charge on any atom is 0.0469 e. The quantitative estimate of drug-likeness (QED) is 0.817. The van der Waals surface area contributed by atoms with Crippen LogP contribution in [0.15, 0.2) is 27.1 Å². The lowest BCUT2D eigenvalue weighted by atomic mass is 10.2. The Labute approximate surface area is 81.8 Å². The maximum absolute atomic E-state index is 8.45. The SMILES string of the molecule is ONCc1cc(Br)ccc1Br. The van der Waals surface area contributed by atoms with Gasteiger partial charge in [0.2, 0.25) is 0 Å². The zero-order valence-electron chi connectivity index (χ0n) is 5.64. The van der Waals surface area contributed by atoms with Crippen molar-refractivity contribution in [2.45, 2.75) is 6.54 Å². The fourth-order valence-electron chi connectivity index (χ4n) is 0.764. The second-order valence-electron chi connectivity index (χ2n) is 2.07. The van der Waals surface area contributed by atoms with Gasteiger partial charge in [-0.05, 0) is 23.8 Å². The minimum Gasteiger partial charge on any atom is -0.316 e. The van der Waals surface area contributed by atoms with Crippen LogP contribution in [-0.4, -0.2) is 5.21 Å². The summed E-state index contributed by atoms with van der Waals surface area (Å²) in [7, 11) is 0. The Balaban J connectivity index is 2.93. The highest BCUT2D eigenvalue weighted by atomic mass is 79.9. The van der Waals surface area contributed by atoms with Crippen LogP contribution in [-0.2, 0) is 6.54 Å². The lowest BCUT2D eigenvalue weighted by Gasteiger charge is -2.02. The molecule has 0 bridgehead atoms. The average Bonchev–Trinajstić information content (AvgIpc) is 1.98. The van der Waals surface area contributed by atoms with E-state index in [4.69, 9.17) is 5.21 Å². The molecular formula is C7H7Br2NO. The summed E-state index contributed by atoms with van der Waals surface area (Å²) in [6, 6.07) is 5.80. The zero-order chi connectivity index (χ0) is 8.27. The molecule has 60 valence electrons. The van der Waals surface area contributed by atoms with E-state index >= 15 is 0 Å². The van der Waals surface area contributed by atoms with E-state index in [1.54, 1.807) is 0 Å². The summed E-state index contributed by atoms with van der Waals surface area (Å²) >= 11 is 6.70. The van der Waals surface area contributed by atoms with Gasteiger partial charge >= 0.3 is 0 Å². The predicted molar refractivity (Wildman–Crippen MR) is 50.5 cm³/mol. The molecule has 11 heavy (non-hydrogen) atoms. The minimum absolute atomic E-state index is 0.444. The lowest BCUT2D eigenvalue weighted by Crippen LogP contribution is -2.06. The second-order valence-corrected chi connectivity index (χ2v) is 3.84. The summed E-state index contributed by atoms with van der Waals surface area (Å²) in [5.74, 6) is 0. The van der Waals surface area contributed by atoms with Gasteiger partial charge in [-0.3, -0.25) is 0 Å². The van der Waals surface area contributed by atoms with E-state index in [1.165, 1.54) is 0 Å². The van der Waals surface area contributed by atoms with Crippen molar-refractivity contribution >= 4 is 31.9 Å². The van der Waals surface area contributed by atoms with Crippen LogP contribution in [0.3, 0.4) is 0 Å². The molecule has 0 aliphatic carbocycles. The largest absolute Gasteiger partial charge is 0.316 e. The molecule has 0 aliphatic rings. The molecule has 0 unspecified atom stereocenters. The lowest BCUT2D eigenvalue weighted by molar-refractivity contribution is 0.161. The van der Waals surface area contributed by atoms with Crippen LogP contribution in [0.5, 0.6) is 0 Å². The molecule has 1 rings (SSSR count). The van der Waals surface area contributed by atoms with Crippen LogP contribution in [0, 0.1) is 0 Å². The first kappa shape index (κ1) is 9.19. The molecule has 0 radical (unpaired) electrons. The van der Waals surface area contributed by atoms with Crippen LogP contribution in [0.1, 0.15) is 5.56 Å². The average molecular weight is 281 g/mol. The van der Waals surface area contributed by atoms with Gasteiger partial charge in [-0.1, -0.05) is 31.9 Å². The Hall–Kier alpha value is 0.1000. The monoisotopic (exact) mass is 279 g/mol. The Morgan fingerprint density at radius 3 is 2.73 bits per heavy atom. The maximum atomic E-state index is 8.45. The molecule has 1 aromatic carbocycles. The van der Waals surface area contributed by atoms with E-state index in [1.807, 2.05) is 18.2 Å². The van der Waals surface area contributed by atoms with Gasteiger partial charge in [-0.25, -0.2) is 5.48 Å². The van der Waals surface area contributed by atoms with Gasteiger partial charge in [-0.2, -0.15) is 0 Å². The molecule has 0 heterocycles. The van der Waals surface area contributed by atoms with Crippen LogP contribution in [0.2, 0.25) is 0 Å². The van der Waals surface area contributed by atoms with E-state index < -0.39 is 0 Å². The van der Waals surface area contributed by atoms with Crippen molar-refractivity contribution in [3.63, 3.8) is 0 Å². The molecule has 2 nitrogen and oxygen atoms in total. The van der Waals surface area contributed by atoms with E-state index in [9.17, 15) is 0 Å². The smallest absolute Gasteiger partial charge is 0.0469 e. The van der Waals surface area contributed by atoms with Crippen LogP contribution in [0.25, 0.3) is 0 Å². The summed E-state index contributed by atoms with van der Waals surface area (Å²) in [5.41, 5.74) is 3.12. The molecule has 4 heteroatoms. The van der Waals surface area contributed by atoms with E-state index in [2.05, 4.69) is 37.3 Å². The molecule has 0 atom stereocenters. The highest BCUT2D eigenvalue weighted by molar-refractivity contribution is 9.11. The summed E-state index contributed by atoms with van der Waals surface area (Å²) < 4.78 is 1.99. The first-order chi connectivity index (χ1) is 5.24. The van der Waals surface area contributed by atoms with Gasteiger partial charge in [-0.15, -0.1) is 0 Å². The summed E-state index contributed by atoms with van der Waals surface area (Å²) in [6.45, 7) is 0.444. The van der Waals surface area contributed by atoms with Gasteiger partial charge in [0.05, 0.1) is 0 Å². The molecule has 0 fully saturated rings. The van der Waals surface area contributed by atoms with Gasteiger partial charge in [0.25, 0.3) is 0 Å². The Kier molecular flexibility index (Phi) is 3.51. The number of nitrogens with one attached hydrogen (secondary N) is 1. The van der Waals surface area contributed by atoms with Crippen LogP contribution in [0.4, 0.5) is 0 Å². The molecule has 0 spiro atoms. The Bertz CT molecular complexity index is 252. The molecule has 2 N–H and O–H groups in total. The molecule has 0 saturated carbocycles. The van der Waals surface area contributed by atoms with Crippen molar-refractivity contribution in [1.29, 1.82) is 0 Å². The minimum atomic E-state index is 0.444. The first-order valence-corrected chi connectivity index (χ1v) is 4.63. The predicted octanol–water partition coefficient (Wildman–Crippen LogP) is 2.69. The number of hydrogen-bond acceptors (Lipinski definition) is 2. The van der Waals surface area contributed by atoms with Crippen molar-refractivity contribution in [3.8, 4) is 0 Å². The third kappa shape index (κ3) is 2.56. The number of hydrogen-bond donors (Lipinski definition) is 2. The molecule has 0 saturated heterocycles.